The van der Waals surface area contributed by atoms with Gasteiger partial charge in [-0.3, -0.25) is 4.98 Å². The van der Waals surface area contributed by atoms with Crippen LogP contribution in [0, 0.1) is 0 Å². The number of nitrogens with zero attached hydrogens (tertiary/aromatic N) is 2. The minimum Gasteiger partial charge on any atom is -0.345 e. The predicted molar refractivity (Wildman–Crippen MR) is 168 cm³/mol. The van der Waals surface area contributed by atoms with Crippen LogP contribution in [0.5, 0.6) is 0 Å². The number of aromatic nitrogens is 1. The van der Waals surface area contributed by atoms with E-state index in [4.69, 9.17) is 0 Å². The fourth-order valence-corrected chi connectivity index (χ4v) is 5.34. The quantitative estimate of drug-likeness (QED) is 0.200. The number of benzene rings is 5. The topological polar surface area (TPSA) is 16.1 Å². The zero-order valence-electron chi connectivity index (χ0n) is 22.7. The van der Waals surface area contributed by atoms with Gasteiger partial charge in [0.15, 0.2) is 0 Å². The fraction of sp³-hybridized carbons (Fsp3) is 0.0789. The van der Waals surface area contributed by atoms with E-state index in [1.165, 1.54) is 50.2 Å². The monoisotopic (exact) mass is 516 g/mol. The molecule has 0 amide bonds. The Morgan fingerprint density at radius 2 is 1.00 bits per heavy atom. The summed E-state index contributed by atoms with van der Waals surface area (Å²) in [7, 11) is 2.14. The molecule has 1 aromatic heterocycles. The Morgan fingerprint density at radius 1 is 0.475 bits per heavy atom. The lowest BCUT2D eigenvalue weighted by atomic mass is 9.89. The lowest BCUT2D eigenvalue weighted by Gasteiger charge is -2.23. The molecule has 0 unspecified atom stereocenters. The molecule has 194 valence electrons. The molecule has 0 N–H and O–H groups in total. The van der Waals surface area contributed by atoms with Gasteiger partial charge in [-0.2, -0.15) is 0 Å². The third-order valence-corrected chi connectivity index (χ3v) is 7.53. The summed E-state index contributed by atoms with van der Waals surface area (Å²) in [6.45, 7) is 0. The molecule has 2 heteroatoms. The molecule has 6 aromatic rings. The average Bonchev–Trinajstić information content (AvgIpc) is 3.03. The van der Waals surface area contributed by atoms with Crippen molar-refractivity contribution in [2.75, 3.05) is 11.9 Å². The van der Waals surface area contributed by atoms with Crippen LogP contribution in [0.25, 0.3) is 22.3 Å². The molecule has 0 fully saturated rings. The molecule has 0 aliphatic heterocycles. The van der Waals surface area contributed by atoms with Crippen molar-refractivity contribution in [3.63, 3.8) is 0 Å². The molecule has 0 atom stereocenters. The van der Waals surface area contributed by atoms with Gasteiger partial charge in [0, 0.05) is 30.8 Å². The van der Waals surface area contributed by atoms with Gasteiger partial charge in [0.1, 0.15) is 0 Å². The van der Waals surface area contributed by atoms with E-state index in [1.807, 2.05) is 24.5 Å². The molecule has 6 rings (SSSR count). The zero-order valence-corrected chi connectivity index (χ0v) is 22.7. The van der Waals surface area contributed by atoms with Gasteiger partial charge in [0.05, 0.1) is 0 Å². The minimum atomic E-state index is 0.874. The van der Waals surface area contributed by atoms with E-state index in [2.05, 4.69) is 144 Å². The highest BCUT2D eigenvalue weighted by Gasteiger charge is 2.14. The van der Waals surface area contributed by atoms with E-state index in [9.17, 15) is 0 Å². The SMILES string of the molecule is CN(c1ccc(-c2ccncc2)cc1)c1ccc(-c2ccccc2Cc2ccccc2)c(Cc2ccccc2)c1. The summed E-state index contributed by atoms with van der Waals surface area (Å²) in [5.41, 5.74) is 12.6. The molecule has 0 spiro atoms. The standard InChI is InChI=1S/C38H32N2/c1-40(35-18-16-31(17-19-35)32-22-24-39-25-23-32)36-20-21-38(34(28-36)27-30-12-6-3-7-13-30)37-15-9-8-14-33(37)26-29-10-4-2-5-11-29/h2-25,28H,26-27H2,1H3. The molecule has 5 aromatic carbocycles. The van der Waals surface area contributed by atoms with Crippen LogP contribution < -0.4 is 4.90 Å². The van der Waals surface area contributed by atoms with Crippen LogP contribution in [0.2, 0.25) is 0 Å². The molecule has 2 nitrogen and oxygen atoms in total. The Kier molecular flexibility index (Phi) is 7.50. The zero-order chi connectivity index (χ0) is 27.1. The number of hydrogen-bond donors (Lipinski definition) is 0. The second-order valence-corrected chi connectivity index (χ2v) is 10.2. The number of pyridine rings is 1. The van der Waals surface area contributed by atoms with Gasteiger partial charge in [-0.25, -0.2) is 0 Å². The van der Waals surface area contributed by atoms with Gasteiger partial charge in [-0.15, -0.1) is 0 Å². The van der Waals surface area contributed by atoms with Gasteiger partial charge in [0.25, 0.3) is 0 Å². The maximum Gasteiger partial charge on any atom is 0.0411 e. The molecule has 1 heterocycles. The van der Waals surface area contributed by atoms with Crippen molar-refractivity contribution in [2.24, 2.45) is 0 Å². The van der Waals surface area contributed by atoms with Crippen LogP contribution in [-0.2, 0) is 12.8 Å². The maximum atomic E-state index is 4.14. The number of anilines is 2. The third kappa shape index (κ3) is 5.72. The molecule has 0 radical (unpaired) electrons. The lowest BCUT2D eigenvalue weighted by molar-refractivity contribution is 1.15. The molecule has 0 aliphatic carbocycles. The predicted octanol–water partition coefficient (Wildman–Crippen LogP) is 9.37. The van der Waals surface area contributed by atoms with Gasteiger partial charge in [0.2, 0.25) is 0 Å². The number of rotatable bonds is 8. The highest BCUT2D eigenvalue weighted by molar-refractivity contribution is 5.76. The average molecular weight is 517 g/mol. The van der Waals surface area contributed by atoms with Gasteiger partial charge >= 0.3 is 0 Å². The van der Waals surface area contributed by atoms with Crippen molar-refractivity contribution < 1.29 is 0 Å². The van der Waals surface area contributed by atoms with Crippen molar-refractivity contribution in [3.05, 3.63) is 174 Å². The highest BCUT2D eigenvalue weighted by Crippen LogP contribution is 2.35. The Hall–Kier alpha value is -4.95. The first kappa shape index (κ1) is 25.3. The van der Waals surface area contributed by atoms with Crippen LogP contribution in [0.15, 0.2) is 152 Å². The summed E-state index contributed by atoms with van der Waals surface area (Å²) in [6.07, 6.45) is 5.46. The van der Waals surface area contributed by atoms with Crippen molar-refractivity contribution in [2.45, 2.75) is 12.8 Å². The summed E-state index contributed by atoms with van der Waals surface area (Å²) in [5, 5.41) is 0. The van der Waals surface area contributed by atoms with E-state index in [0.717, 1.165) is 18.5 Å². The minimum absolute atomic E-state index is 0.874. The molecule has 40 heavy (non-hydrogen) atoms. The molecular weight excluding hydrogens is 484 g/mol. The van der Waals surface area contributed by atoms with Crippen molar-refractivity contribution in [1.82, 2.24) is 4.98 Å². The van der Waals surface area contributed by atoms with E-state index in [-0.39, 0.29) is 0 Å². The first-order valence-corrected chi connectivity index (χ1v) is 13.8. The van der Waals surface area contributed by atoms with E-state index >= 15 is 0 Å². The van der Waals surface area contributed by atoms with Crippen LogP contribution in [-0.4, -0.2) is 12.0 Å². The van der Waals surface area contributed by atoms with E-state index < -0.39 is 0 Å². The van der Waals surface area contributed by atoms with Crippen molar-refractivity contribution >= 4 is 11.4 Å². The molecule has 0 aliphatic rings. The summed E-state index contributed by atoms with van der Waals surface area (Å²) >= 11 is 0. The Balaban J connectivity index is 1.36. The first-order valence-electron chi connectivity index (χ1n) is 13.8. The third-order valence-electron chi connectivity index (χ3n) is 7.53. The lowest BCUT2D eigenvalue weighted by Crippen LogP contribution is -2.10. The fourth-order valence-electron chi connectivity index (χ4n) is 5.34. The van der Waals surface area contributed by atoms with E-state index in [0.29, 0.717) is 0 Å². The molecule has 0 saturated heterocycles. The maximum absolute atomic E-state index is 4.14. The van der Waals surface area contributed by atoms with Gasteiger partial charge in [-0.05, 0) is 93.7 Å². The second-order valence-electron chi connectivity index (χ2n) is 10.2. The summed E-state index contributed by atoms with van der Waals surface area (Å²) in [6, 6.07) is 50.1. The first-order chi connectivity index (χ1) is 19.7. The molecule has 0 saturated carbocycles. The smallest absolute Gasteiger partial charge is 0.0411 e. The highest BCUT2D eigenvalue weighted by atomic mass is 15.1. The summed E-state index contributed by atoms with van der Waals surface area (Å²) in [4.78, 5) is 6.41. The van der Waals surface area contributed by atoms with Crippen LogP contribution in [0.4, 0.5) is 11.4 Å². The normalized spacial score (nSPS) is 10.8. The van der Waals surface area contributed by atoms with Gasteiger partial charge < -0.3 is 4.90 Å². The van der Waals surface area contributed by atoms with Crippen LogP contribution in [0.3, 0.4) is 0 Å². The molecule has 0 bridgehead atoms. The largest absolute Gasteiger partial charge is 0.345 e. The van der Waals surface area contributed by atoms with E-state index in [1.54, 1.807) is 0 Å². The second kappa shape index (κ2) is 11.8. The van der Waals surface area contributed by atoms with Crippen LogP contribution in [0.1, 0.15) is 22.3 Å². The summed E-state index contributed by atoms with van der Waals surface area (Å²) < 4.78 is 0. The summed E-state index contributed by atoms with van der Waals surface area (Å²) in [5.74, 6) is 0. The van der Waals surface area contributed by atoms with Crippen molar-refractivity contribution in [1.29, 1.82) is 0 Å². The molecular formula is C38H32N2. The Bertz CT molecular complexity index is 1680. The van der Waals surface area contributed by atoms with Gasteiger partial charge in [-0.1, -0.05) is 103 Å². The van der Waals surface area contributed by atoms with Crippen molar-refractivity contribution in [3.8, 4) is 22.3 Å². The Labute approximate surface area is 237 Å². The Morgan fingerprint density at radius 3 is 1.68 bits per heavy atom. The van der Waals surface area contributed by atoms with Crippen LogP contribution >= 0.6 is 0 Å². The number of hydrogen-bond acceptors (Lipinski definition) is 2.